The first kappa shape index (κ1) is 17.1. The molecular weight excluding hydrogens is 364 g/mol. The van der Waals surface area contributed by atoms with Gasteiger partial charge in [0.15, 0.2) is 17.5 Å². The molecule has 0 aromatic heterocycles. The van der Waals surface area contributed by atoms with Crippen molar-refractivity contribution in [1.29, 1.82) is 0 Å². The zero-order valence-corrected chi connectivity index (χ0v) is 15.7. The summed E-state index contributed by atoms with van der Waals surface area (Å²) >= 11 is 5.86. The summed E-state index contributed by atoms with van der Waals surface area (Å²) in [6.45, 7) is 0. The third-order valence-electron chi connectivity index (χ3n) is 6.90. The van der Waals surface area contributed by atoms with Crippen molar-refractivity contribution < 1.29 is 14.7 Å². The van der Waals surface area contributed by atoms with Crippen molar-refractivity contribution in [3.05, 3.63) is 46.3 Å². The zero-order chi connectivity index (χ0) is 18.8. The maximum atomic E-state index is 12.9. The summed E-state index contributed by atoms with van der Waals surface area (Å²) in [6.07, 6.45) is 6.51. The number of carbonyl (C=O) groups is 2. The molecule has 6 rings (SSSR count). The van der Waals surface area contributed by atoms with E-state index in [9.17, 15) is 14.7 Å². The topological polar surface area (TPSA) is 79.1 Å². The highest BCUT2D eigenvalue weighted by Gasteiger charge is 2.54. The van der Waals surface area contributed by atoms with E-state index < -0.39 is 17.6 Å². The molecule has 6 heteroatoms. The summed E-state index contributed by atoms with van der Waals surface area (Å²) < 4.78 is 0. The predicted molar refractivity (Wildman–Crippen MR) is 99.7 cm³/mol. The van der Waals surface area contributed by atoms with Gasteiger partial charge in [0.1, 0.15) is 5.76 Å². The third kappa shape index (κ3) is 2.66. The van der Waals surface area contributed by atoms with Gasteiger partial charge in [0.25, 0.3) is 0 Å². The van der Waals surface area contributed by atoms with Crippen molar-refractivity contribution in [2.75, 3.05) is 0 Å². The Bertz CT molecular complexity index is 852. The van der Waals surface area contributed by atoms with Gasteiger partial charge in [-0.2, -0.15) is 5.11 Å². The molecule has 5 nitrogen and oxygen atoms in total. The summed E-state index contributed by atoms with van der Waals surface area (Å²) in [4.78, 5) is 25.5. The molecule has 4 bridgehead atoms. The molecule has 4 fully saturated rings. The SMILES string of the molecule is O=C1C(=C(O)C23CC4CC(CC(C4)C2)C3)N=N[C@@H]1C(=O)c1ccc(Cl)cc1. The number of hydrogen-bond acceptors (Lipinski definition) is 5. The average molecular weight is 385 g/mol. The van der Waals surface area contributed by atoms with Crippen LogP contribution in [0.15, 0.2) is 46.0 Å². The lowest BCUT2D eigenvalue weighted by Crippen LogP contribution is -2.47. The lowest BCUT2D eigenvalue weighted by molar-refractivity contribution is -0.115. The molecule has 1 heterocycles. The van der Waals surface area contributed by atoms with Crippen molar-refractivity contribution in [2.24, 2.45) is 33.4 Å². The van der Waals surface area contributed by atoms with Crippen LogP contribution < -0.4 is 0 Å². The molecule has 1 aliphatic heterocycles. The first-order chi connectivity index (χ1) is 12.9. The van der Waals surface area contributed by atoms with E-state index in [1.54, 1.807) is 24.3 Å². The molecule has 1 N–H and O–H groups in total. The number of Topliss-reactive ketones (excluding diaryl/α,β-unsaturated/α-hetero) is 2. The molecule has 0 radical (unpaired) electrons. The van der Waals surface area contributed by atoms with Gasteiger partial charge >= 0.3 is 0 Å². The second-order valence-corrected chi connectivity index (χ2v) is 9.18. The summed E-state index contributed by atoms with van der Waals surface area (Å²) in [7, 11) is 0. The minimum atomic E-state index is -1.20. The minimum Gasteiger partial charge on any atom is -0.509 e. The monoisotopic (exact) mass is 384 g/mol. The summed E-state index contributed by atoms with van der Waals surface area (Å²) in [5, 5.41) is 19.5. The van der Waals surface area contributed by atoms with Crippen molar-refractivity contribution in [1.82, 2.24) is 0 Å². The van der Waals surface area contributed by atoms with Crippen LogP contribution in [0.3, 0.4) is 0 Å². The van der Waals surface area contributed by atoms with Gasteiger partial charge in [0.2, 0.25) is 5.78 Å². The number of nitrogens with zero attached hydrogens (tertiary/aromatic N) is 2. The van der Waals surface area contributed by atoms with Gasteiger partial charge in [-0.25, -0.2) is 0 Å². The maximum absolute atomic E-state index is 12.9. The minimum absolute atomic E-state index is 0.00395. The Kier molecular flexibility index (Phi) is 3.80. The molecule has 1 aromatic rings. The number of halogens is 1. The molecular formula is C21H21ClN2O3. The Hall–Kier alpha value is -2.01. The lowest BCUT2D eigenvalue weighted by Gasteiger charge is -2.56. The molecule has 5 aliphatic rings. The fraction of sp³-hybridized carbons (Fsp3) is 0.524. The van der Waals surface area contributed by atoms with Crippen LogP contribution in [-0.4, -0.2) is 22.7 Å². The number of allylic oxidation sites excluding steroid dienone is 1. The fourth-order valence-corrected chi connectivity index (χ4v) is 6.23. The highest BCUT2D eigenvalue weighted by Crippen LogP contribution is 2.62. The smallest absolute Gasteiger partial charge is 0.220 e. The number of carbonyl (C=O) groups excluding carboxylic acids is 2. The Morgan fingerprint density at radius 3 is 2.15 bits per heavy atom. The van der Waals surface area contributed by atoms with Crippen molar-refractivity contribution >= 4 is 23.2 Å². The standard InChI is InChI=1S/C21H21ClN2O3/c22-15-3-1-14(2-4-15)18(25)16-19(26)17(24-23-16)20(27)21-8-11-5-12(9-21)7-13(6-11)10-21/h1-4,11-13,16,27H,5-10H2/t11?,12?,13?,16-,21?/m1/s1. The van der Waals surface area contributed by atoms with Gasteiger partial charge in [-0.15, -0.1) is 5.11 Å². The number of benzene rings is 1. The van der Waals surface area contributed by atoms with Gasteiger partial charge < -0.3 is 5.11 Å². The van der Waals surface area contributed by atoms with E-state index in [1.165, 1.54) is 19.3 Å². The first-order valence-electron chi connectivity index (χ1n) is 9.64. The number of hydrogen-bond donors (Lipinski definition) is 1. The Labute approximate surface area is 162 Å². The van der Waals surface area contributed by atoms with Gasteiger partial charge in [0.05, 0.1) is 0 Å². The van der Waals surface area contributed by atoms with Crippen LogP contribution in [0, 0.1) is 23.2 Å². The largest absolute Gasteiger partial charge is 0.509 e. The summed E-state index contributed by atoms with van der Waals surface area (Å²) in [5.41, 5.74) is 0.0354. The van der Waals surface area contributed by atoms with Crippen LogP contribution in [0.25, 0.3) is 0 Å². The fourth-order valence-electron chi connectivity index (χ4n) is 6.11. The molecule has 0 spiro atoms. The van der Waals surface area contributed by atoms with E-state index in [1.807, 2.05) is 0 Å². The van der Waals surface area contributed by atoms with Crippen LogP contribution in [-0.2, 0) is 4.79 Å². The van der Waals surface area contributed by atoms with Crippen LogP contribution in [0.4, 0.5) is 0 Å². The van der Waals surface area contributed by atoms with Crippen molar-refractivity contribution in [2.45, 2.75) is 44.6 Å². The molecule has 1 atom stereocenters. The molecule has 1 aromatic carbocycles. The van der Waals surface area contributed by atoms with E-state index in [4.69, 9.17) is 11.6 Å². The number of azo groups is 1. The highest BCUT2D eigenvalue weighted by atomic mass is 35.5. The van der Waals surface area contributed by atoms with E-state index >= 15 is 0 Å². The number of aliphatic hydroxyl groups excluding tert-OH is 1. The first-order valence-corrected chi connectivity index (χ1v) is 10.0. The average Bonchev–Trinajstić information content (AvgIpc) is 3.01. The lowest BCUT2D eigenvalue weighted by atomic mass is 9.49. The predicted octanol–water partition coefficient (Wildman–Crippen LogP) is 4.91. The van der Waals surface area contributed by atoms with E-state index in [0.717, 1.165) is 19.3 Å². The number of ketones is 2. The normalized spacial score (nSPS) is 38.5. The Morgan fingerprint density at radius 2 is 1.59 bits per heavy atom. The van der Waals surface area contributed by atoms with Gasteiger partial charge in [-0.3, -0.25) is 9.59 Å². The molecule has 4 saturated carbocycles. The van der Waals surface area contributed by atoms with Crippen LogP contribution >= 0.6 is 11.6 Å². The Morgan fingerprint density at radius 1 is 1.04 bits per heavy atom. The molecule has 140 valence electrons. The molecule has 27 heavy (non-hydrogen) atoms. The quantitative estimate of drug-likeness (QED) is 0.348. The Balaban J connectivity index is 1.43. The second-order valence-electron chi connectivity index (χ2n) is 8.75. The van der Waals surface area contributed by atoms with Crippen LogP contribution in [0.2, 0.25) is 5.02 Å². The summed E-state index contributed by atoms with van der Waals surface area (Å²) in [5.74, 6) is 1.11. The van der Waals surface area contributed by atoms with Crippen LogP contribution in [0.5, 0.6) is 0 Å². The van der Waals surface area contributed by atoms with E-state index in [-0.39, 0.29) is 16.9 Å². The molecule has 0 unspecified atom stereocenters. The zero-order valence-electron chi connectivity index (χ0n) is 14.9. The third-order valence-corrected chi connectivity index (χ3v) is 7.15. The number of aliphatic hydroxyl groups is 1. The van der Waals surface area contributed by atoms with Crippen molar-refractivity contribution in [3.8, 4) is 0 Å². The second kappa shape index (κ2) is 5.99. The van der Waals surface area contributed by atoms with Gasteiger partial charge in [-0.1, -0.05) is 11.6 Å². The highest BCUT2D eigenvalue weighted by molar-refractivity contribution is 6.30. The molecule has 0 saturated heterocycles. The number of rotatable bonds is 3. The van der Waals surface area contributed by atoms with E-state index in [0.29, 0.717) is 28.3 Å². The summed E-state index contributed by atoms with van der Waals surface area (Å²) in [6, 6.07) is 5.17. The van der Waals surface area contributed by atoms with Gasteiger partial charge in [-0.05, 0) is 80.5 Å². The molecule has 0 amide bonds. The van der Waals surface area contributed by atoms with E-state index in [2.05, 4.69) is 10.2 Å². The molecule has 4 aliphatic carbocycles. The van der Waals surface area contributed by atoms with Gasteiger partial charge in [0, 0.05) is 16.0 Å². The van der Waals surface area contributed by atoms with Crippen LogP contribution in [0.1, 0.15) is 48.9 Å². The maximum Gasteiger partial charge on any atom is 0.220 e. The van der Waals surface area contributed by atoms with Crippen molar-refractivity contribution in [3.63, 3.8) is 0 Å².